The van der Waals surface area contributed by atoms with Crippen molar-refractivity contribution in [1.29, 1.82) is 0 Å². The van der Waals surface area contributed by atoms with Crippen LogP contribution in [0.2, 0.25) is 0 Å². The first kappa shape index (κ1) is 13.7. The first-order valence-electron chi connectivity index (χ1n) is 5.77. The van der Waals surface area contributed by atoms with E-state index in [1.165, 1.54) is 0 Å². The van der Waals surface area contributed by atoms with Gasteiger partial charge in [-0.2, -0.15) is 0 Å². The third-order valence-electron chi connectivity index (χ3n) is 2.44. The lowest BCUT2D eigenvalue weighted by atomic mass is 10.1. The van der Waals surface area contributed by atoms with E-state index in [4.69, 9.17) is 9.26 Å². The predicted molar refractivity (Wildman–Crippen MR) is 63.6 cm³/mol. The average molecular weight is 240 g/mol. The monoisotopic (exact) mass is 240 g/mol. The van der Waals surface area contributed by atoms with E-state index >= 15 is 0 Å². The van der Waals surface area contributed by atoms with Crippen molar-refractivity contribution >= 4 is 5.97 Å². The third-order valence-corrected chi connectivity index (χ3v) is 2.44. The molecule has 1 rings (SSSR count). The van der Waals surface area contributed by atoms with Crippen LogP contribution in [-0.4, -0.2) is 23.8 Å². The van der Waals surface area contributed by atoms with E-state index in [1.54, 1.807) is 0 Å². The number of rotatable bonds is 5. The summed E-state index contributed by atoms with van der Waals surface area (Å²) in [6.07, 6.45) is -0.0846. The molecule has 1 unspecified atom stereocenters. The van der Waals surface area contributed by atoms with E-state index in [2.05, 4.69) is 10.5 Å². The van der Waals surface area contributed by atoms with Crippen LogP contribution in [0.25, 0.3) is 0 Å². The lowest BCUT2D eigenvalue weighted by Gasteiger charge is -2.14. The SMILES string of the molecule is Cc1noc(C)c1C(C)NCC(=O)OC(C)C. The number of nitrogens with zero attached hydrogens (tertiary/aromatic N) is 1. The molecule has 0 saturated heterocycles. The quantitative estimate of drug-likeness (QED) is 0.796. The summed E-state index contributed by atoms with van der Waals surface area (Å²) in [5, 5.41) is 6.98. The highest BCUT2D eigenvalue weighted by Crippen LogP contribution is 2.20. The maximum Gasteiger partial charge on any atom is 0.320 e. The highest BCUT2D eigenvalue weighted by molar-refractivity contribution is 5.71. The summed E-state index contributed by atoms with van der Waals surface area (Å²) in [7, 11) is 0. The fraction of sp³-hybridized carbons (Fsp3) is 0.667. The van der Waals surface area contributed by atoms with Crippen LogP contribution >= 0.6 is 0 Å². The Hall–Kier alpha value is -1.36. The number of carbonyl (C=O) groups is 1. The minimum absolute atomic E-state index is 0.0148. The molecule has 0 aliphatic rings. The first-order chi connectivity index (χ1) is 7.91. The molecule has 1 aromatic heterocycles. The normalized spacial score (nSPS) is 12.8. The summed E-state index contributed by atoms with van der Waals surface area (Å²) in [6.45, 7) is 9.56. The van der Waals surface area contributed by atoms with Crippen molar-refractivity contribution in [2.75, 3.05) is 6.54 Å². The van der Waals surface area contributed by atoms with Gasteiger partial charge in [0.25, 0.3) is 0 Å². The maximum absolute atomic E-state index is 11.4. The van der Waals surface area contributed by atoms with E-state index in [-0.39, 0.29) is 24.7 Å². The lowest BCUT2D eigenvalue weighted by Crippen LogP contribution is -2.29. The van der Waals surface area contributed by atoms with Gasteiger partial charge in [-0.3, -0.25) is 4.79 Å². The molecule has 0 aliphatic carbocycles. The Morgan fingerprint density at radius 3 is 2.53 bits per heavy atom. The molecule has 5 nitrogen and oxygen atoms in total. The van der Waals surface area contributed by atoms with Crippen LogP contribution in [0.3, 0.4) is 0 Å². The van der Waals surface area contributed by atoms with Gasteiger partial charge in [-0.15, -0.1) is 0 Å². The van der Waals surface area contributed by atoms with Gasteiger partial charge in [0.2, 0.25) is 0 Å². The summed E-state index contributed by atoms with van der Waals surface area (Å²) >= 11 is 0. The number of hydrogen-bond donors (Lipinski definition) is 1. The Kier molecular flexibility index (Phi) is 4.69. The van der Waals surface area contributed by atoms with E-state index in [0.29, 0.717) is 0 Å². The van der Waals surface area contributed by atoms with Gasteiger partial charge in [0.15, 0.2) is 0 Å². The molecule has 0 fully saturated rings. The van der Waals surface area contributed by atoms with E-state index in [9.17, 15) is 4.79 Å². The topological polar surface area (TPSA) is 64.4 Å². The number of nitrogens with one attached hydrogen (secondary N) is 1. The zero-order valence-corrected chi connectivity index (χ0v) is 11.0. The predicted octanol–water partition coefficient (Wildman–Crippen LogP) is 1.89. The van der Waals surface area contributed by atoms with Crippen molar-refractivity contribution in [3.8, 4) is 0 Å². The molecule has 0 radical (unpaired) electrons. The molecule has 17 heavy (non-hydrogen) atoms. The van der Waals surface area contributed by atoms with Crippen LogP contribution in [0.4, 0.5) is 0 Å². The number of aryl methyl sites for hydroxylation is 2. The molecule has 1 N–H and O–H groups in total. The van der Waals surface area contributed by atoms with Gasteiger partial charge in [-0.25, -0.2) is 0 Å². The van der Waals surface area contributed by atoms with Crippen molar-refractivity contribution in [1.82, 2.24) is 10.5 Å². The summed E-state index contributed by atoms with van der Waals surface area (Å²) < 4.78 is 10.1. The van der Waals surface area contributed by atoms with Crippen molar-refractivity contribution in [3.63, 3.8) is 0 Å². The molecule has 1 atom stereocenters. The van der Waals surface area contributed by atoms with E-state index < -0.39 is 0 Å². The van der Waals surface area contributed by atoms with Gasteiger partial charge in [0, 0.05) is 11.6 Å². The molecule has 0 spiro atoms. The second-order valence-corrected chi connectivity index (χ2v) is 4.38. The second kappa shape index (κ2) is 5.82. The number of ether oxygens (including phenoxy) is 1. The largest absolute Gasteiger partial charge is 0.462 e. The third kappa shape index (κ3) is 3.85. The fourth-order valence-electron chi connectivity index (χ4n) is 1.75. The Balaban J connectivity index is 2.50. The Labute approximate surface area is 102 Å². The lowest BCUT2D eigenvalue weighted by molar-refractivity contribution is -0.146. The zero-order chi connectivity index (χ0) is 13.0. The van der Waals surface area contributed by atoms with E-state index in [0.717, 1.165) is 17.0 Å². The highest BCUT2D eigenvalue weighted by Gasteiger charge is 2.17. The van der Waals surface area contributed by atoms with Crippen LogP contribution in [-0.2, 0) is 9.53 Å². The van der Waals surface area contributed by atoms with Crippen molar-refractivity contribution in [2.24, 2.45) is 0 Å². The van der Waals surface area contributed by atoms with Crippen molar-refractivity contribution in [2.45, 2.75) is 46.8 Å². The highest BCUT2D eigenvalue weighted by atomic mass is 16.5. The Morgan fingerprint density at radius 1 is 1.41 bits per heavy atom. The first-order valence-corrected chi connectivity index (χ1v) is 5.77. The molecule has 5 heteroatoms. The average Bonchev–Trinajstić information content (AvgIpc) is 2.54. The van der Waals surface area contributed by atoms with Crippen LogP contribution in [0.1, 0.15) is 43.8 Å². The van der Waals surface area contributed by atoms with Crippen LogP contribution in [0, 0.1) is 13.8 Å². The molecule has 0 amide bonds. The van der Waals surface area contributed by atoms with Crippen LogP contribution in [0.5, 0.6) is 0 Å². The maximum atomic E-state index is 11.4. The standard InChI is InChI=1S/C12H20N2O3/c1-7(2)16-11(15)6-13-8(3)12-9(4)14-17-10(12)5/h7-8,13H,6H2,1-5H3. The van der Waals surface area contributed by atoms with E-state index in [1.807, 2.05) is 34.6 Å². The van der Waals surface area contributed by atoms with Gasteiger partial charge in [-0.1, -0.05) is 5.16 Å². The Morgan fingerprint density at radius 2 is 2.06 bits per heavy atom. The molecule has 0 aromatic carbocycles. The minimum atomic E-state index is -0.251. The Bertz CT molecular complexity index is 366. The van der Waals surface area contributed by atoms with Gasteiger partial charge in [0.1, 0.15) is 5.76 Å². The molecule has 1 heterocycles. The molecular weight excluding hydrogens is 220 g/mol. The molecule has 1 aromatic rings. The van der Waals surface area contributed by atoms with Crippen molar-refractivity contribution in [3.05, 3.63) is 17.0 Å². The number of hydrogen-bond acceptors (Lipinski definition) is 5. The van der Waals surface area contributed by atoms with Crippen molar-refractivity contribution < 1.29 is 14.1 Å². The number of esters is 1. The summed E-state index contributed by atoms with van der Waals surface area (Å²) in [4.78, 5) is 11.4. The molecule has 0 bridgehead atoms. The second-order valence-electron chi connectivity index (χ2n) is 4.38. The minimum Gasteiger partial charge on any atom is -0.462 e. The summed E-state index contributed by atoms with van der Waals surface area (Å²) in [5.74, 6) is 0.526. The zero-order valence-electron chi connectivity index (χ0n) is 11.0. The van der Waals surface area contributed by atoms with Crippen LogP contribution < -0.4 is 5.32 Å². The van der Waals surface area contributed by atoms with Gasteiger partial charge >= 0.3 is 5.97 Å². The molecular formula is C12H20N2O3. The number of carbonyl (C=O) groups excluding carboxylic acids is 1. The van der Waals surface area contributed by atoms with Gasteiger partial charge < -0.3 is 14.6 Å². The summed E-state index contributed by atoms with van der Waals surface area (Å²) in [5.41, 5.74) is 1.85. The van der Waals surface area contributed by atoms with Gasteiger partial charge in [0.05, 0.1) is 18.3 Å². The molecule has 0 aliphatic heterocycles. The van der Waals surface area contributed by atoms with Gasteiger partial charge in [-0.05, 0) is 34.6 Å². The molecule has 0 saturated carbocycles. The number of aromatic nitrogens is 1. The van der Waals surface area contributed by atoms with Crippen LogP contribution in [0.15, 0.2) is 4.52 Å². The smallest absolute Gasteiger partial charge is 0.320 e. The fourth-order valence-corrected chi connectivity index (χ4v) is 1.75. The summed E-state index contributed by atoms with van der Waals surface area (Å²) in [6, 6.07) is 0.0148. The molecule has 96 valence electrons.